The minimum Gasteiger partial charge on any atom is -0.427 e. The van der Waals surface area contributed by atoms with E-state index >= 15 is 0 Å². The summed E-state index contributed by atoms with van der Waals surface area (Å²) in [6.45, 7) is 7.48. The highest BCUT2D eigenvalue weighted by Crippen LogP contribution is 2.42. The highest BCUT2D eigenvalue weighted by molar-refractivity contribution is 6.43. The molecular weight excluding hydrogens is 165 g/mol. The van der Waals surface area contributed by atoms with E-state index in [4.69, 9.17) is 15.3 Å². The molecule has 0 aliphatic heterocycles. The van der Waals surface area contributed by atoms with Gasteiger partial charge >= 0.3 is 7.12 Å². The van der Waals surface area contributed by atoms with Crippen LogP contribution in [0, 0.1) is 22.7 Å². The van der Waals surface area contributed by atoms with Crippen molar-refractivity contribution in [2.45, 2.75) is 39.9 Å². The van der Waals surface area contributed by atoms with Gasteiger partial charge in [0, 0.05) is 5.82 Å². The summed E-state index contributed by atoms with van der Waals surface area (Å²) < 4.78 is 0. The van der Waals surface area contributed by atoms with Crippen LogP contribution in [0.25, 0.3) is 0 Å². The Morgan fingerprint density at radius 3 is 1.92 bits per heavy atom. The molecule has 0 amide bonds. The quantitative estimate of drug-likeness (QED) is 0.648. The van der Waals surface area contributed by atoms with Crippen LogP contribution in [0.3, 0.4) is 0 Å². The topological polar surface area (TPSA) is 64.2 Å². The van der Waals surface area contributed by atoms with E-state index in [1.165, 1.54) is 0 Å². The molecule has 0 rings (SSSR count). The first-order valence-electron chi connectivity index (χ1n) is 4.69. The number of nitriles is 1. The molecule has 0 aliphatic rings. The van der Waals surface area contributed by atoms with Gasteiger partial charge in [0.25, 0.3) is 0 Å². The fourth-order valence-electron chi connectivity index (χ4n) is 1.83. The maximum absolute atomic E-state index is 9.09. The van der Waals surface area contributed by atoms with Crippen LogP contribution < -0.4 is 0 Å². The Kier molecular flexibility index (Phi) is 4.45. The lowest BCUT2D eigenvalue weighted by Gasteiger charge is -2.35. The highest BCUT2D eigenvalue weighted by atomic mass is 16.4. The fourth-order valence-corrected chi connectivity index (χ4v) is 1.83. The molecule has 0 radical (unpaired) electrons. The molecule has 13 heavy (non-hydrogen) atoms. The Balaban J connectivity index is 4.89. The lowest BCUT2D eigenvalue weighted by molar-refractivity contribution is 0.222. The molecule has 2 N–H and O–H groups in total. The smallest absolute Gasteiger partial charge is 0.427 e. The zero-order valence-corrected chi connectivity index (χ0v) is 8.78. The van der Waals surface area contributed by atoms with Crippen molar-refractivity contribution in [2.24, 2.45) is 11.3 Å². The Morgan fingerprint density at radius 2 is 1.85 bits per heavy atom. The van der Waals surface area contributed by atoms with Crippen molar-refractivity contribution in [1.29, 1.82) is 5.26 Å². The molecule has 0 aromatic heterocycles. The molecule has 0 aromatic rings. The Hall–Kier alpha value is -0.525. The normalized spacial score (nSPS) is 17.7. The monoisotopic (exact) mass is 183 g/mol. The van der Waals surface area contributed by atoms with Gasteiger partial charge in [-0.15, -0.1) is 0 Å². The van der Waals surface area contributed by atoms with Gasteiger partial charge in [0.05, 0.1) is 11.5 Å². The Morgan fingerprint density at radius 1 is 1.38 bits per heavy atom. The Labute approximate surface area is 80.5 Å². The van der Waals surface area contributed by atoms with Crippen molar-refractivity contribution >= 4 is 7.12 Å². The van der Waals surface area contributed by atoms with Crippen LogP contribution in [0.4, 0.5) is 0 Å². The molecule has 0 saturated carbocycles. The molecule has 0 saturated heterocycles. The van der Waals surface area contributed by atoms with Crippen LogP contribution in [0.5, 0.6) is 0 Å². The van der Waals surface area contributed by atoms with E-state index in [-0.39, 0.29) is 5.92 Å². The van der Waals surface area contributed by atoms with Crippen LogP contribution in [0.2, 0.25) is 5.82 Å². The third-order valence-corrected chi connectivity index (χ3v) is 3.08. The lowest BCUT2D eigenvalue weighted by atomic mass is 9.54. The zero-order chi connectivity index (χ0) is 10.6. The number of rotatable bonds is 4. The summed E-state index contributed by atoms with van der Waals surface area (Å²) in [5, 5.41) is 27.2. The van der Waals surface area contributed by atoms with Gasteiger partial charge in [0.2, 0.25) is 0 Å². The van der Waals surface area contributed by atoms with Crippen molar-refractivity contribution < 1.29 is 10.0 Å². The standard InChI is InChI=1S/C9H18BNO2/c1-5-9(6-11,7(2)3)8(4)10(12)13/h7-8,12-13H,5H2,1-4H3. The summed E-state index contributed by atoms with van der Waals surface area (Å²) in [5.41, 5.74) is -0.631. The third kappa shape index (κ3) is 2.23. The molecule has 0 bridgehead atoms. The molecule has 3 nitrogen and oxygen atoms in total. The van der Waals surface area contributed by atoms with Crippen molar-refractivity contribution in [3.8, 4) is 6.07 Å². The second-order valence-electron chi connectivity index (χ2n) is 3.86. The molecular formula is C9H18BNO2. The van der Waals surface area contributed by atoms with Crippen LogP contribution in [0.15, 0.2) is 0 Å². The fraction of sp³-hybridized carbons (Fsp3) is 0.889. The molecule has 0 aliphatic carbocycles. The lowest BCUT2D eigenvalue weighted by Crippen LogP contribution is -2.37. The average Bonchev–Trinajstić information content (AvgIpc) is 2.06. The maximum Gasteiger partial charge on any atom is 0.456 e. The van der Waals surface area contributed by atoms with E-state index in [2.05, 4.69) is 6.07 Å². The predicted molar refractivity (Wildman–Crippen MR) is 52.8 cm³/mol. The third-order valence-electron chi connectivity index (χ3n) is 3.08. The minimum atomic E-state index is -1.41. The summed E-state index contributed by atoms with van der Waals surface area (Å²) in [5.74, 6) is -0.290. The second kappa shape index (κ2) is 4.64. The minimum absolute atomic E-state index is 0.124. The van der Waals surface area contributed by atoms with Crippen LogP contribution in [0.1, 0.15) is 34.1 Å². The van der Waals surface area contributed by atoms with Gasteiger partial charge < -0.3 is 10.0 Å². The van der Waals surface area contributed by atoms with Gasteiger partial charge in [-0.25, -0.2) is 0 Å². The van der Waals surface area contributed by atoms with Crippen LogP contribution in [-0.2, 0) is 0 Å². The molecule has 0 fully saturated rings. The van der Waals surface area contributed by atoms with Gasteiger partial charge in [-0.05, 0) is 12.3 Å². The largest absolute Gasteiger partial charge is 0.456 e. The van der Waals surface area contributed by atoms with E-state index in [1.54, 1.807) is 6.92 Å². The predicted octanol–water partition coefficient (Wildman–Crippen LogP) is 1.43. The van der Waals surface area contributed by atoms with Crippen LogP contribution in [-0.4, -0.2) is 17.2 Å². The van der Waals surface area contributed by atoms with Gasteiger partial charge in [-0.1, -0.05) is 27.7 Å². The van der Waals surface area contributed by atoms with Gasteiger partial charge in [0.1, 0.15) is 0 Å². The van der Waals surface area contributed by atoms with E-state index in [0.717, 1.165) is 0 Å². The number of hydrogen-bond donors (Lipinski definition) is 2. The van der Waals surface area contributed by atoms with Gasteiger partial charge in [-0.3, -0.25) is 0 Å². The van der Waals surface area contributed by atoms with E-state index < -0.39 is 18.4 Å². The molecule has 2 unspecified atom stereocenters. The molecule has 74 valence electrons. The molecule has 0 heterocycles. The number of nitrogens with zero attached hydrogens (tertiary/aromatic N) is 1. The Bertz CT molecular complexity index is 200. The first kappa shape index (κ1) is 12.5. The summed E-state index contributed by atoms with van der Waals surface area (Å²) in [6, 6.07) is 2.23. The summed E-state index contributed by atoms with van der Waals surface area (Å²) in [4.78, 5) is 0. The SMILES string of the molecule is CCC(C#N)(C(C)C)C(C)B(O)O. The van der Waals surface area contributed by atoms with Gasteiger partial charge in [0.15, 0.2) is 0 Å². The molecule has 0 aromatic carbocycles. The molecule has 0 spiro atoms. The van der Waals surface area contributed by atoms with Gasteiger partial charge in [-0.2, -0.15) is 5.26 Å². The summed E-state index contributed by atoms with van der Waals surface area (Å²) in [6.07, 6.45) is 0.639. The maximum atomic E-state index is 9.09. The second-order valence-corrected chi connectivity index (χ2v) is 3.86. The average molecular weight is 183 g/mol. The highest BCUT2D eigenvalue weighted by Gasteiger charge is 2.43. The summed E-state index contributed by atoms with van der Waals surface area (Å²) in [7, 11) is -1.41. The van der Waals surface area contributed by atoms with Crippen molar-refractivity contribution in [2.75, 3.05) is 0 Å². The van der Waals surface area contributed by atoms with Crippen molar-refractivity contribution in [3.63, 3.8) is 0 Å². The molecule has 4 heteroatoms. The first-order chi connectivity index (χ1) is 5.92. The van der Waals surface area contributed by atoms with Crippen molar-refractivity contribution in [3.05, 3.63) is 0 Å². The van der Waals surface area contributed by atoms with Crippen LogP contribution >= 0.6 is 0 Å². The number of hydrogen-bond acceptors (Lipinski definition) is 3. The first-order valence-corrected chi connectivity index (χ1v) is 4.69. The summed E-state index contributed by atoms with van der Waals surface area (Å²) >= 11 is 0. The van der Waals surface area contributed by atoms with E-state index in [0.29, 0.717) is 6.42 Å². The van der Waals surface area contributed by atoms with Crippen molar-refractivity contribution in [1.82, 2.24) is 0 Å². The zero-order valence-electron chi connectivity index (χ0n) is 8.78. The van der Waals surface area contributed by atoms with E-state index in [9.17, 15) is 0 Å². The van der Waals surface area contributed by atoms with E-state index in [1.807, 2.05) is 20.8 Å². The molecule has 2 atom stereocenters.